The van der Waals surface area contributed by atoms with Gasteiger partial charge in [-0.2, -0.15) is 0 Å². The van der Waals surface area contributed by atoms with Gasteiger partial charge in [-0.1, -0.05) is 6.07 Å². The van der Waals surface area contributed by atoms with Crippen molar-refractivity contribution in [2.24, 2.45) is 0 Å². The van der Waals surface area contributed by atoms with Gasteiger partial charge in [0.25, 0.3) is 5.91 Å². The number of hydrogen-bond acceptors (Lipinski definition) is 6. The second kappa shape index (κ2) is 8.65. The van der Waals surface area contributed by atoms with Crippen molar-refractivity contribution in [3.63, 3.8) is 0 Å². The van der Waals surface area contributed by atoms with Crippen molar-refractivity contribution in [1.29, 1.82) is 0 Å². The standard InChI is InChI=1S/C26H27N3O6/c1-16-12-20(17(2)28(16)14-19-6-4-9-33-19)21(30)15-29-24(31)26(3,27-25(29)32)18-7-8-22-23(13-18)35-11-5-10-34-22/h4,6-9,12-13H,5,10-11,14-15H2,1-3H3,(H,27,32). The summed E-state index contributed by atoms with van der Waals surface area (Å²) in [5.74, 6) is 1.10. The number of benzene rings is 1. The molecule has 182 valence electrons. The summed E-state index contributed by atoms with van der Waals surface area (Å²) < 4.78 is 18.8. The Kier molecular flexibility index (Phi) is 5.62. The molecule has 1 unspecified atom stereocenters. The van der Waals surface area contributed by atoms with E-state index in [1.165, 1.54) is 0 Å². The van der Waals surface area contributed by atoms with E-state index in [-0.39, 0.29) is 12.3 Å². The van der Waals surface area contributed by atoms with Crippen LogP contribution in [0.5, 0.6) is 11.5 Å². The van der Waals surface area contributed by atoms with Crippen LogP contribution in [0.3, 0.4) is 0 Å². The number of ether oxygens (including phenoxy) is 2. The van der Waals surface area contributed by atoms with Gasteiger partial charge < -0.3 is 23.8 Å². The van der Waals surface area contributed by atoms with E-state index in [0.29, 0.717) is 42.4 Å². The first kappa shape index (κ1) is 22.8. The Hall–Kier alpha value is -4.01. The SMILES string of the molecule is Cc1cc(C(=O)CN2C(=O)NC(C)(c3ccc4c(c3)OCCCO4)C2=O)c(C)n1Cc1ccco1. The van der Waals surface area contributed by atoms with Crippen LogP contribution in [0, 0.1) is 13.8 Å². The van der Waals surface area contributed by atoms with Gasteiger partial charge in [0.2, 0.25) is 0 Å². The molecule has 0 aliphatic carbocycles. The lowest BCUT2D eigenvalue weighted by atomic mass is 9.91. The number of hydrogen-bond donors (Lipinski definition) is 1. The Bertz CT molecular complexity index is 1310. The number of fused-ring (bicyclic) bond motifs is 1. The minimum atomic E-state index is -1.32. The first-order chi connectivity index (χ1) is 16.8. The maximum Gasteiger partial charge on any atom is 0.325 e. The van der Waals surface area contributed by atoms with Crippen LogP contribution in [0.4, 0.5) is 4.79 Å². The number of nitrogens with zero attached hydrogens (tertiary/aromatic N) is 2. The van der Waals surface area contributed by atoms with Gasteiger partial charge in [0.15, 0.2) is 17.3 Å². The van der Waals surface area contributed by atoms with Gasteiger partial charge in [-0.05, 0) is 56.7 Å². The van der Waals surface area contributed by atoms with Gasteiger partial charge in [0, 0.05) is 23.4 Å². The molecule has 0 spiro atoms. The van der Waals surface area contributed by atoms with Gasteiger partial charge in [-0.3, -0.25) is 14.5 Å². The van der Waals surface area contributed by atoms with Gasteiger partial charge in [-0.25, -0.2) is 4.79 Å². The monoisotopic (exact) mass is 477 g/mol. The van der Waals surface area contributed by atoms with Crippen molar-refractivity contribution >= 4 is 17.7 Å². The van der Waals surface area contributed by atoms with Crippen LogP contribution >= 0.6 is 0 Å². The lowest BCUT2D eigenvalue weighted by Crippen LogP contribution is -2.41. The highest BCUT2D eigenvalue weighted by molar-refractivity contribution is 6.11. The number of rotatable bonds is 6. The molecule has 35 heavy (non-hydrogen) atoms. The van der Waals surface area contributed by atoms with Crippen LogP contribution in [0.15, 0.2) is 47.1 Å². The number of ketones is 1. The zero-order valence-corrected chi connectivity index (χ0v) is 19.9. The number of Topliss-reactive ketones (excluding diaryl/α,β-unsaturated/α-hetero) is 1. The summed E-state index contributed by atoms with van der Waals surface area (Å²) in [4.78, 5) is 40.4. The number of aromatic nitrogens is 1. The van der Waals surface area contributed by atoms with Crippen molar-refractivity contribution in [3.8, 4) is 11.5 Å². The summed E-state index contributed by atoms with van der Waals surface area (Å²) in [7, 11) is 0. The molecule has 0 radical (unpaired) electrons. The van der Waals surface area contributed by atoms with E-state index in [1.54, 1.807) is 37.5 Å². The van der Waals surface area contributed by atoms with Crippen molar-refractivity contribution in [3.05, 3.63) is 70.9 Å². The van der Waals surface area contributed by atoms with Crippen LogP contribution in [0.2, 0.25) is 0 Å². The first-order valence-corrected chi connectivity index (χ1v) is 11.5. The highest BCUT2D eigenvalue weighted by Crippen LogP contribution is 2.36. The number of furan rings is 1. The maximum absolute atomic E-state index is 13.4. The molecular formula is C26H27N3O6. The zero-order chi connectivity index (χ0) is 24.7. The van der Waals surface area contributed by atoms with Gasteiger partial charge in [0.1, 0.15) is 11.3 Å². The minimum Gasteiger partial charge on any atom is -0.490 e. The summed E-state index contributed by atoms with van der Waals surface area (Å²) in [6.07, 6.45) is 2.36. The topological polar surface area (TPSA) is 103 Å². The third kappa shape index (κ3) is 3.96. The molecule has 0 bridgehead atoms. The minimum absolute atomic E-state index is 0.310. The van der Waals surface area contributed by atoms with Crippen LogP contribution in [-0.2, 0) is 16.9 Å². The highest BCUT2D eigenvalue weighted by Gasteiger charge is 2.50. The fourth-order valence-corrected chi connectivity index (χ4v) is 4.62. The molecular weight excluding hydrogens is 450 g/mol. The predicted octanol–water partition coefficient (Wildman–Crippen LogP) is 3.56. The van der Waals surface area contributed by atoms with Gasteiger partial charge in [0.05, 0.1) is 32.6 Å². The maximum atomic E-state index is 13.4. The van der Waals surface area contributed by atoms with Crippen LogP contribution in [-0.4, -0.2) is 46.9 Å². The smallest absolute Gasteiger partial charge is 0.325 e. The second-order valence-corrected chi connectivity index (χ2v) is 9.03. The molecule has 4 heterocycles. The van der Waals surface area contributed by atoms with Crippen molar-refractivity contribution < 1.29 is 28.3 Å². The largest absolute Gasteiger partial charge is 0.490 e. The fourth-order valence-electron chi connectivity index (χ4n) is 4.62. The number of urea groups is 1. The predicted molar refractivity (Wildman–Crippen MR) is 126 cm³/mol. The molecule has 2 aliphatic rings. The van der Waals surface area contributed by atoms with Crippen molar-refractivity contribution in [1.82, 2.24) is 14.8 Å². The Morgan fingerprint density at radius 1 is 1.09 bits per heavy atom. The van der Waals surface area contributed by atoms with E-state index in [9.17, 15) is 14.4 Å². The molecule has 2 aliphatic heterocycles. The van der Waals surface area contributed by atoms with E-state index in [4.69, 9.17) is 13.9 Å². The number of imide groups is 1. The number of carbonyl (C=O) groups excluding carboxylic acids is 3. The molecule has 3 amide bonds. The van der Waals surface area contributed by atoms with Gasteiger partial charge >= 0.3 is 6.03 Å². The third-order valence-electron chi connectivity index (χ3n) is 6.67. The molecule has 1 saturated heterocycles. The average Bonchev–Trinajstić information content (AvgIpc) is 3.43. The van der Waals surface area contributed by atoms with E-state index in [0.717, 1.165) is 28.5 Å². The van der Waals surface area contributed by atoms with Crippen LogP contribution < -0.4 is 14.8 Å². The van der Waals surface area contributed by atoms with E-state index in [2.05, 4.69) is 5.32 Å². The first-order valence-electron chi connectivity index (χ1n) is 11.5. The molecule has 3 aromatic rings. The Morgan fingerprint density at radius 2 is 1.86 bits per heavy atom. The quantitative estimate of drug-likeness (QED) is 0.430. The Morgan fingerprint density at radius 3 is 2.60 bits per heavy atom. The summed E-state index contributed by atoms with van der Waals surface area (Å²) in [6.45, 7) is 6.58. The van der Waals surface area contributed by atoms with Crippen molar-refractivity contribution in [2.45, 2.75) is 39.3 Å². The Balaban J connectivity index is 1.36. The zero-order valence-electron chi connectivity index (χ0n) is 19.9. The van der Waals surface area contributed by atoms with E-state index < -0.39 is 17.5 Å². The lowest BCUT2D eigenvalue weighted by molar-refractivity contribution is -0.130. The lowest BCUT2D eigenvalue weighted by Gasteiger charge is -2.23. The van der Waals surface area contributed by atoms with Crippen LogP contribution in [0.25, 0.3) is 0 Å². The van der Waals surface area contributed by atoms with Gasteiger partial charge in [-0.15, -0.1) is 0 Å². The molecule has 5 rings (SSSR count). The summed E-state index contributed by atoms with van der Waals surface area (Å²) >= 11 is 0. The molecule has 9 heteroatoms. The summed E-state index contributed by atoms with van der Waals surface area (Å²) in [5, 5.41) is 2.76. The van der Waals surface area contributed by atoms with Crippen molar-refractivity contribution in [2.75, 3.05) is 19.8 Å². The molecule has 1 atom stereocenters. The van der Waals surface area contributed by atoms with E-state index in [1.807, 2.05) is 30.5 Å². The highest BCUT2D eigenvalue weighted by atomic mass is 16.5. The summed E-state index contributed by atoms with van der Waals surface area (Å²) in [6, 6.07) is 10.0. The molecule has 2 aromatic heterocycles. The average molecular weight is 478 g/mol. The second-order valence-electron chi connectivity index (χ2n) is 9.03. The molecule has 1 fully saturated rings. The third-order valence-corrected chi connectivity index (χ3v) is 6.67. The fraction of sp³-hybridized carbons (Fsp3) is 0.346. The molecule has 9 nitrogen and oxygen atoms in total. The van der Waals surface area contributed by atoms with E-state index >= 15 is 0 Å². The normalized spacial score (nSPS) is 19.6. The molecule has 1 N–H and O–H groups in total. The number of aryl methyl sites for hydroxylation is 1. The Labute approximate surface area is 202 Å². The molecule has 1 aromatic carbocycles. The van der Waals surface area contributed by atoms with Crippen LogP contribution in [0.1, 0.15) is 46.4 Å². The molecule has 0 saturated carbocycles. The summed E-state index contributed by atoms with van der Waals surface area (Å²) in [5.41, 5.74) is 1.35. The number of nitrogens with one attached hydrogen (secondary N) is 1. The number of carbonyl (C=O) groups is 3. The number of amides is 3.